The van der Waals surface area contributed by atoms with Gasteiger partial charge in [-0.2, -0.15) is 10.2 Å². The van der Waals surface area contributed by atoms with Gasteiger partial charge >= 0.3 is 5.97 Å². The van der Waals surface area contributed by atoms with Crippen LogP contribution in [0.2, 0.25) is 0 Å². The number of carboxylic acids is 1. The third kappa shape index (κ3) is 1.94. The SMILES string of the molecule is CCCCC1(C(=O)O)C=C(C)N=N1. The zero-order valence-electron chi connectivity index (χ0n) is 7.95. The molecule has 0 aromatic rings. The van der Waals surface area contributed by atoms with E-state index < -0.39 is 11.5 Å². The first-order valence-electron chi connectivity index (χ1n) is 4.46. The summed E-state index contributed by atoms with van der Waals surface area (Å²) in [6, 6.07) is 0. The molecular weight excluding hydrogens is 168 g/mol. The molecule has 4 heteroatoms. The molecule has 0 aliphatic carbocycles. The summed E-state index contributed by atoms with van der Waals surface area (Å²) in [5, 5.41) is 16.6. The Morgan fingerprint density at radius 1 is 1.69 bits per heavy atom. The standard InChI is InChI=1S/C9H14N2O2/c1-3-4-5-9(8(12)13)6-7(2)10-11-9/h6H,3-5H2,1-2H3,(H,12,13). The molecule has 0 aromatic heterocycles. The van der Waals surface area contributed by atoms with Crippen molar-refractivity contribution in [3.8, 4) is 0 Å². The van der Waals surface area contributed by atoms with Gasteiger partial charge in [-0.15, -0.1) is 0 Å². The molecule has 0 fully saturated rings. The Labute approximate surface area is 77.4 Å². The minimum absolute atomic E-state index is 0.541. The minimum Gasteiger partial charge on any atom is -0.479 e. The summed E-state index contributed by atoms with van der Waals surface area (Å²) in [5.74, 6) is -0.901. The van der Waals surface area contributed by atoms with Gasteiger partial charge in [-0.25, -0.2) is 4.79 Å². The Morgan fingerprint density at radius 3 is 2.77 bits per heavy atom. The summed E-state index contributed by atoms with van der Waals surface area (Å²) in [7, 11) is 0. The van der Waals surface area contributed by atoms with E-state index in [0.717, 1.165) is 12.8 Å². The average Bonchev–Trinajstić information content (AvgIpc) is 2.45. The molecule has 4 nitrogen and oxygen atoms in total. The van der Waals surface area contributed by atoms with Crippen molar-refractivity contribution in [3.63, 3.8) is 0 Å². The summed E-state index contributed by atoms with van der Waals surface area (Å²) in [5.41, 5.74) is -0.376. The van der Waals surface area contributed by atoms with Gasteiger partial charge in [0.15, 0.2) is 5.54 Å². The molecule has 1 N–H and O–H groups in total. The number of rotatable bonds is 4. The van der Waals surface area contributed by atoms with E-state index in [1.807, 2.05) is 6.92 Å². The molecule has 1 atom stereocenters. The molecule has 1 aliphatic heterocycles. The van der Waals surface area contributed by atoms with E-state index in [9.17, 15) is 4.79 Å². The van der Waals surface area contributed by atoms with Crippen LogP contribution in [0.1, 0.15) is 33.1 Å². The Balaban J connectivity index is 2.79. The highest BCUT2D eigenvalue weighted by atomic mass is 16.4. The number of hydrogen-bond donors (Lipinski definition) is 1. The van der Waals surface area contributed by atoms with Crippen molar-refractivity contribution >= 4 is 5.97 Å². The highest BCUT2D eigenvalue weighted by Crippen LogP contribution is 2.29. The van der Waals surface area contributed by atoms with Gasteiger partial charge in [-0.3, -0.25) is 0 Å². The lowest BCUT2D eigenvalue weighted by molar-refractivity contribution is -0.141. The molecule has 0 amide bonds. The van der Waals surface area contributed by atoms with Crippen LogP contribution < -0.4 is 0 Å². The van der Waals surface area contributed by atoms with Crippen LogP contribution in [0.4, 0.5) is 0 Å². The van der Waals surface area contributed by atoms with Crippen LogP contribution in [0.3, 0.4) is 0 Å². The van der Waals surface area contributed by atoms with Gasteiger partial charge in [-0.1, -0.05) is 19.8 Å². The summed E-state index contributed by atoms with van der Waals surface area (Å²) in [4.78, 5) is 11.0. The van der Waals surface area contributed by atoms with E-state index >= 15 is 0 Å². The fraction of sp³-hybridized carbons (Fsp3) is 0.667. The number of aliphatic carboxylic acids is 1. The third-order valence-electron chi connectivity index (χ3n) is 2.12. The summed E-state index contributed by atoms with van der Waals surface area (Å²) >= 11 is 0. The van der Waals surface area contributed by atoms with Crippen molar-refractivity contribution < 1.29 is 9.90 Å². The first-order valence-corrected chi connectivity index (χ1v) is 4.46. The fourth-order valence-electron chi connectivity index (χ4n) is 1.35. The molecule has 0 aromatic carbocycles. The van der Waals surface area contributed by atoms with Gasteiger partial charge in [0.2, 0.25) is 0 Å². The van der Waals surface area contributed by atoms with E-state index in [1.54, 1.807) is 13.0 Å². The zero-order valence-corrected chi connectivity index (χ0v) is 7.95. The number of nitrogens with zero attached hydrogens (tertiary/aromatic N) is 2. The number of hydrogen-bond acceptors (Lipinski definition) is 3. The topological polar surface area (TPSA) is 62.0 Å². The third-order valence-corrected chi connectivity index (χ3v) is 2.12. The van der Waals surface area contributed by atoms with Crippen LogP contribution >= 0.6 is 0 Å². The molecule has 1 rings (SSSR count). The number of carboxylic acid groups (broad SMARTS) is 1. The minimum atomic E-state index is -1.07. The van der Waals surface area contributed by atoms with E-state index in [1.165, 1.54) is 0 Å². The van der Waals surface area contributed by atoms with Crippen LogP contribution in [0.15, 0.2) is 22.0 Å². The number of carbonyl (C=O) groups is 1. The van der Waals surface area contributed by atoms with Crippen LogP contribution in [-0.2, 0) is 4.79 Å². The maximum Gasteiger partial charge on any atom is 0.337 e. The maximum absolute atomic E-state index is 11.0. The molecule has 0 saturated carbocycles. The Hall–Kier alpha value is -1.19. The second-order valence-electron chi connectivity index (χ2n) is 3.32. The largest absolute Gasteiger partial charge is 0.479 e. The van der Waals surface area contributed by atoms with Crippen LogP contribution in [0.5, 0.6) is 0 Å². The number of allylic oxidation sites excluding steroid dienone is 1. The van der Waals surface area contributed by atoms with Gasteiger partial charge in [0.25, 0.3) is 0 Å². The number of unbranched alkanes of at least 4 members (excludes halogenated alkanes) is 1. The second kappa shape index (κ2) is 3.68. The Morgan fingerprint density at radius 2 is 2.38 bits per heavy atom. The molecule has 72 valence electrons. The van der Waals surface area contributed by atoms with Crippen molar-refractivity contribution in [3.05, 3.63) is 11.8 Å². The van der Waals surface area contributed by atoms with Crippen LogP contribution in [0, 0.1) is 0 Å². The Bertz CT molecular complexity index is 271. The van der Waals surface area contributed by atoms with Crippen molar-refractivity contribution in [1.29, 1.82) is 0 Å². The molecule has 13 heavy (non-hydrogen) atoms. The van der Waals surface area contributed by atoms with Gasteiger partial charge in [0.1, 0.15) is 0 Å². The zero-order chi connectivity index (χ0) is 9.90. The monoisotopic (exact) mass is 182 g/mol. The lowest BCUT2D eigenvalue weighted by Crippen LogP contribution is -2.32. The average molecular weight is 182 g/mol. The maximum atomic E-state index is 11.0. The van der Waals surface area contributed by atoms with Gasteiger partial charge in [0.05, 0.1) is 5.70 Å². The molecule has 0 bridgehead atoms. The molecule has 0 radical (unpaired) electrons. The van der Waals surface area contributed by atoms with Crippen LogP contribution in [0.25, 0.3) is 0 Å². The summed E-state index contributed by atoms with van der Waals surface area (Å²) < 4.78 is 0. The summed E-state index contributed by atoms with van der Waals surface area (Å²) in [6.45, 7) is 3.79. The summed E-state index contributed by atoms with van der Waals surface area (Å²) in [6.07, 6.45) is 4.00. The normalized spacial score (nSPS) is 26.2. The van der Waals surface area contributed by atoms with Gasteiger partial charge in [-0.05, 0) is 19.4 Å². The lowest BCUT2D eigenvalue weighted by atomic mass is 9.93. The highest BCUT2D eigenvalue weighted by Gasteiger charge is 2.38. The molecular formula is C9H14N2O2. The van der Waals surface area contributed by atoms with Crippen molar-refractivity contribution in [1.82, 2.24) is 0 Å². The van der Waals surface area contributed by atoms with E-state index in [4.69, 9.17) is 5.11 Å². The number of azo groups is 1. The first kappa shape index (κ1) is 9.89. The lowest BCUT2D eigenvalue weighted by Gasteiger charge is -2.15. The fourth-order valence-corrected chi connectivity index (χ4v) is 1.35. The molecule has 1 heterocycles. The van der Waals surface area contributed by atoms with E-state index in [0.29, 0.717) is 12.1 Å². The van der Waals surface area contributed by atoms with E-state index in [-0.39, 0.29) is 0 Å². The predicted molar refractivity (Wildman–Crippen MR) is 48.5 cm³/mol. The van der Waals surface area contributed by atoms with Crippen molar-refractivity contribution in [2.45, 2.75) is 38.6 Å². The van der Waals surface area contributed by atoms with Gasteiger partial charge in [0, 0.05) is 0 Å². The molecule has 1 aliphatic rings. The smallest absolute Gasteiger partial charge is 0.337 e. The molecule has 1 unspecified atom stereocenters. The van der Waals surface area contributed by atoms with Crippen molar-refractivity contribution in [2.75, 3.05) is 0 Å². The highest BCUT2D eigenvalue weighted by molar-refractivity contribution is 5.82. The first-order chi connectivity index (χ1) is 6.10. The second-order valence-corrected chi connectivity index (χ2v) is 3.32. The molecule has 0 spiro atoms. The Kier molecular flexibility index (Phi) is 2.80. The predicted octanol–water partition coefficient (Wildman–Crippen LogP) is 2.37. The van der Waals surface area contributed by atoms with Gasteiger partial charge < -0.3 is 5.11 Å². The molecule has 0 saturated heterocycles. The van der Waals surface area contributed by atoms with Crippen LogP contribution in [-0.4, -0.2) is 16.6 Å². The quantitative estimate of drug-likeness (QED) is 0.725. The van der Waals surface area contributed by atoms with Crippen molar-refractivity contribution in [2.24, 2.45) is 10.2 Å². The van der Waals surface area contributed by atoms with E-state index in [2.05, 4.69) is 10.2 Å².